The van der Waals surface area contributed by atoms with Crippen molar-refractivity contribution in [2.45, 2.75) is 45.6 Å². The summed E-state index contributed by atoms with van der Waals surface area (Å²) >= 11 is 0. The molecular formula is C25H26N4O. The maximum atomic E-state index is 12.5. The fourth-order valence-electron chi connectivity index (χ4n) is 4.60. The van der Waals surface area contributed by atoms with Crippen LogP contribution in [0.3, 0.4) is 0 Å². The highest BCUT2D eigenvalue weighted by Gasteiger charge is 2.19. The summed E-state index contributed by atoms with van der Waals surface area (Å²) in [5.74, 6) is -0.0561. The molecule has 152 valence electrons. The molecule has 4 aromatic rings. The molecule has 0 saturated carbocycles. The molecule has 1 aliphatic carbocycles. The quantitative estimate of drug-likeness (QED) is 0.363. The SMILES string of the molecule is C/C(=N/NC(=O)CCn1c2c(c3ccccc31)CCCC2)c1ccc2[nH]ccc2c1. The number of H-pyrrole nitrogens is 1. The number of aryl methyl sites for hydroxylation is 2. The first-order valence-electron chi connectivity index (χ1n) is 10.7. The number of nitrogens with one attached hydrogen (secondary N) is 2. The van der Waals surface area contributed by atoms with Gasteiger partial charge in [-0.1, -0.05) is 24.3 Å². The molecule has 0 atom stereocenters. The van der Waals surface area contributed by atoms with Crippen LogP contribution in [0.25, 0.3) is 21.8 Å². The first-order chi connectivity index (χ1) is 14.7. The van der Waals surface area contributed by atoms with Crippen LogP contribution in [0.5, 0.6) is 0 Å². The number of fused-ring (bicyclic) bond motifs is 4. The number of benzene rings is 2. The Morgan fingerprint density at radius 3 is 2.93 bits per heavy atom. The molecule has 0 unspecified atom stereocenters. The molecule has 5 heteroatoms. The highest BCUT2D eigenvalue weighted by atomic mass is 16.2. The summed E-state index contributed by atoms with van der Waals surface area (Å²) in [7, 11) is 0. The molecule has 2 aromatic carbocycles. The van der Waals surface area contributed by atoms with Gasteiger partial charge in [0.1, 0.15) is 0 Å². The molecule has 0 fully saturated rings. The maximum absolute atomic E-state index is 12.5. The Morgan fingerprint density at radius 1 is 1.13 bits per heavy atom. The monoisotopic (exact) mass is 398 g/mol. The van der Waals surface area contributed by atoms with Gasteiger partial charge in [0.2, 0.25) is 5.91 Å². The molecule has 1 aliphatic rings. The zero-order valence-corrected chi connectivity index (χ0v) is 17.2. The largest absolute Gasteiger partial charge is 0.361 e. The Labute approximate surface area is 175 Å². The van der Waals surface area contributed by atoms with Crippen molar-refractivity contribution in [3.8, 4) is 0 Å². The molecule has 5 nitrogen and oxygen atoms in total. The number of rotatable bonds is 5. The summed E-state index contributed by atoms with van der Waals surface area (Å²) < 4.78 is 2.35. The van der Waals surface area contributed by atoms with Crippen LogP contribution in [0.1, 0.15) is 43.0 Å². The Kier molecular flexibility index (Phi) is 4.87. The predicted octanol–water partition coefficient (Wildman–Crippen LogP) is 4.93. The first-order valence-corrected chi connectivity index (χ1v) is 10.7. The molecule has 2 heterocycles. The van der Waals surface area contributed by atoms with Crippen molar-refractivity contribution in [2.24, 2.45) is 5.10 Å². The highest BCUT2D eigenvalue weighted by molar-refractivity contribution is 6.02. The van der Waals surface area contributed by atoms with Gasteiger partial charge in [-0.25, -0.2) is 5.43 Å². The molecule has 1 amide bonds. The van der Waals surface area contributed by atoms with Gasteiger partial charge in [-0.3, -0.25) is 4.79 Å². The summed E-state index contributed by atoms with van der Waals surface area (Å²) in [5, 5.41) is 6.82. The van der Waals surface area contributed by atoms with E-state index in [1.54, 1.807) is 0 Å². The molecule has 0 bridgehead atoms. The van der Waals surface area contributed by atoms with Gasteiger partial charge in [0.25, 0.3) is 0 Å². The fourth-order valence-corrected chi connectivity index (χ4v) is 4.60. The Morgan fingerprint density at radius 2 is 2.00 bits per heavy atom. The van der Waals surface area contributed by atoms with Crippen molar-refractivity contribution in [2.75, 3.05) is 0 Å². The van der Waals surface area contributed by atoms with Gasteiger partial charge in [0, 0.05) is 46.7 Å². The van der Waals surface area contributed by atoms with E-state index in [-0.39, 0.29) is 5.91 Å². The van der Waals surface area contributed by atoms with Crippen molar-refractivity contribution >= 4 is 33.4 Å². The zero-order chi connectivity index (χ0) is 20.5. The standard InChI is InChI=1S/C25H26N4O/c1-17(18-10-11-22-19(16-18)12-14-26-22)27-28-25(30)13-15-29-23-8-4-2-6-20(23)21-7-3-5-9-24(21)29/h2,4,6,8,10-12,14,16,26H,3,5,7,9,13,15H2,1H3,(H,28,30)/b27-17-. The number of hydrogen-bond acceptors (Lipinski definition) is 2. The van der Waals surface area contributed by atoms with E-state index in [4.69, 9.17) is 0 Å². The van der Waals surface area contributed by atoms with Crippen LogP contribution in [0.2, 0.25) is 0 Å². The van der Waals surface area contributed by atoms with Gasteiger partial charge in [0.05, 0.1) is 5.71 Å². The molecule has 0 radical (unpaired) electrons. The summed E-state index contributed by atoms with van der Waals surface area (Å²) in [5.41, 5.74) is 9.78. The third-order valence-electron chi connectivity index (χ3n) is 6.17. The Bertz CT molecular complexity index is 1260. The minimum absolute atomic E-state index is 0.0561. The lowest BCUT2D eigenvalue weighted by Crippen LogP contribution is -2.21. The van der Waals surface area contributed by atoms with Crippen molar-refractivity contribution < 1.29 is 4.79 Å². The number of carbonyl (C=O) groups excluding carboxylic acids is 1. The summed E-state index contributed by atoms with van der Waals surface area (Å²) in [6.45, 7) is 2.61. The van der Waals surface area contributed by atoms with Crippen molar-refractivity contribution in [1.82, 2.24) is 15.0 Å². The number of amides is 1. The van der Waals surface area contributed by atoms with E-state index in [0.717, 1.165) is 35.0 Å². The number of aromatic amines is 1. The van der Waals surface area contributed by atoms with Crippen LogP contribution >= 0.6 is 0 Å². The number of para-hydroxylation sites is 1. The van der Waals surface area contributed by atoms with E-state index in [1.807, 2.05) is 31.3 Å². The third kappa shape index (κ3) is 3.41. The van der Waals surface area contributed by atoms with Crippen LogP contribution in [-0.2, 0) is 24.2 Å². The van der Waals surface area contributed by atoms with Crippen LogP contribution in [-0.4, -0.2) is 21.2 Å². The second-order valence-corrected chi connectivity index (χ2v) is 8.06. The van der Waals surface area contributed by atoms with Crippen LogP contribution in [0.4, 0.5) is 0 Å². The van der Waals surface area contributed by atoms with Crippen LogP contribution < -0.4 is 5.43 Å². The van der Waals surface area contributed by atoms with Crippen LogP contribution in [0.15, 0.2) is 59.8 Å². The van der Waals surface area contributed by atoms with Gasteiger partial charge in [0.15, 0.2) is 0 Å². The number of hydrogen-bond donors (Lipinski definition) is 2. The lowest BCUT2D eigenvalue weighted by atomic mass is 9.95. The van der Waals surface area contributed by atoms with E-state index in [0.29, 0.717) is 13.0 Å². The highest BCUT2D eigenvalue weighted by Crippen LogP contribution is 2.32. The van der Waals surface area contributed by atoms with Gasteiger partial charge < -0.3 is 9.55 Å². The molecule has 2 N–H and O–H groups in total. The third-order valence-corrected chi connectivity index (χ3v) is 6.17. The smallest absolute Gasteiger partial charge is 0.241 e. The number of aromatic nitrogens is 2. The molecule has 5 rings (SSSR count). The fraction of sp³-hybridized carbons (Fsp3) is 0.280. The summed E-state index contributed by atoms with van der Waals surface area (Å²) in [6.07, 6.45) is 7.06. The second-order valence-electron chi connectivity index (χ2n) is 8.06. The average Bonchev–Trinajstić information content (AvgIpc) is 3.38. The van der Waals surface area contributed by atoms with E-state index in [9.17, 15) is 4.79 Å². The van der Waals surface area contributed by atoms with Gasteiger partial charge in [-0.15, -0.1) is 0 Å². The molecule has 2 aromatic heterocycles. The Balaban J connectivity index is 1.29. The number of carbonyl (C=O) groups is 1. The van der Waals surface area contributed by atoms with Crippen molar-refractivity contribution in [3.05, 3.63) is 71.5 Å². The minimum atomic E-state index is -0.0561. The van der Waals surface area contributed by atoms with Crippen molar-refractivity contribution in [3.63, 3.8) is 0 Å². The van der Waals surface area contributed by atoms with Gasteiger partial charge in [-0.05, 0) is 68.0 Å². The molecule has 30 heavy (non-hydrogen) atoms. The lowest BCUT2D eigenvalue weighted by Gasteiger charge is -2.15. The predicted molar refractivity (Wildman–Crippen MR) is 122 cm³/mol. The molecular weight excluding hydrogens is 372 g/mol. The maximum Gasteiger partial charge on any atom is 0.241 e. The van der Waals surface area contributed by atoms with Crippen LogP contribution in [0, 0.1) is 0 Å². The van der Waals surface area contributed by atoms with E-state index in [2.05, 4.69) is 50.4 Å². The summed E-state index contributed by atoms with van der Waals surface area (Å²) in [6, 6.07) is 16.7. The summed E-state index contributed by atoms with van der Waals surface area (Å²) in [4.78, 5) is 15.7. The Hall–Kier alpha value is -3.34. The molecule has 0 saturated heterocycles. The molecule has 0 aliphatic heterocycles. The zero-order valence-electron chi connectivity index (χ0n) is 17.2. The van der Waals surface area contributed by atoms with Gasteiger partial charge in [-0.2, -0.15) is 5.10 Å². The van der Waals surface area contributed by atoms with Gasteiger partial charge >= 0.3 is 0 Å². The molecule has 0 spiro atoms. The number of hydrazone groups is 1. The van der Waals surface area contributed by atoms with E-state index < -0.39 is 0 Å². The van der Waals surface area contributed by atoms with E-state index in [1.165, 1.54) is 35.0 Å². The first kappa shape index (κ1) is 18.7. The topological polar surface area (TPSA) is 62.2 Å². The normalized spacial score (nSPS) is 14.2. The van der Waals surface area contributed by atoms with E-state index >= 15 is 0 Å². The second kappa shape index (κ2) is 7.82. The average molecular weight is 399 g/mol. The minimum Gasteiger partial charge on any atom is -0.361 e. The van der Waals surface area contributed by atoms with Crippen molar-refractivity contribution in [1.29, 1.82) is 0 Å². The lowest BCUT2D eigenvalue weighted by molar-refractivity contribution is -0.121. The number of nitrogens with zero attached hydrogens (tertiary/aromatic N) is 2.